The molecule has 0 spiro atoms. The van der Waals surface area contributed by atoms with E-state index in [1.165, 1.54) is 12.1 Å². The van der Waals surface area contributed by atoms with Gasteiger partial charge in [-0.3, -0.25) is 10.1 Å². The molecule has 0 amide bonds. The molecule has 1 aromatic heterocycles. The number of nitrogens with zero attached hydrogens (tertiary/aromatic N) is 2. The third-order valence-corrected chi connectivity index (χ3v) is 2.47. The first-order valence-corrected chi connectivity index (χ1v) is 5.31. The number of ether oxygens (including phenoxy) is 2. The van der Waals surface area contributed by atoms with Gasteiger partial charge >= 0.3 is 0 Å². The number of aromatic nitrogens is 1. The second-order valence-corrected chi connectivity index (χ2v) is 3.78. The molecule has 1 aliphatic heterocycles. The summed E-state index contributed by atoms with van der Waals surface area (Å²) >= 11 is 0. The van der Waals surface area contributed by atoms with Crippen LogP contribution in [0.15, 0.2) is 12.1 Å². The van der Waals surface area contributed by atoms with Crippen molar-refractivity contribution in [1.29, 1.82) is 0 Å². The number of anilines is 1. The summed E-state index contributed by atoms with van der Waals surface area (Å²) in [4.78, 5) is 14.0. The SMILES string of the molecule is Nc1cc([N+](=O)[O-])cc(OC2CCOCC2)n1. The largest absolute Gasteiger partial charge is 0.474 e. The smallest absolute Gasteiger partial charge is 0.278 e. The molecule has 0 aliphatic carbocycles. The molecule has 0 saturated carbocycles. The van der Waals surface area contributed by atoms with Crippen LogP contribution in [0.3, 0.4) is 0 Å². The van der Waals surface area contributed by atoms with Crippen molar-refractivity contribution < 1.29 is 14.4 Å². The van der Waals surface area contributed by atoms with E-state index in [-0.39, 0.29) is 23.5 Å². The van der Waals surface area contributed by atoms with E-state index < -0.39 is 4.92 Å². The Bertz CT molecular complexity index is 418. The number of nitrogen functional groups attached to an aromatic ring is 1. The summed E-state index contributed by atoms with van der Waals surface area (Å²) in [6, 6.07) is 2.49. The maximum absolute atomic E-state index is 10.6. The molecule has 92 valence electrons. The number of hydrogen-bond acceptors (Lipinski definition) is 6. The molecule has 0 radical (unpaired) electrons. The van der Waals surface area contributed by atoms with E-state index in [4.69, 9.17) is 15.2 Å². The van der Waals surface area contributed by atoms with Gasteiger partial charge in [0.05, 0.1) is 30.3 Å². The molecule has 1 aliphatic rings. The van der Waals surface area contributed by atoms with E-state index in [9.17, 15) is 10.1 Å². The normalized spacial score (nSPS) is 16.7. The van der Waals surface area contributed by atoms with Gasteiger partial charge in [-0.05, 0) is 0 Å². The zero-order valence-electron chi connectivity index (χ0n) is 9.17. The molecule has 7 nitrogen and oxygen atoms in total. The van der Waals surface area contributed by atoms with Gasteiger partial charge in [0.15, 0.2) is 0 Å². The average molecular weight is 239 g/mol. The summed E-state index contributed by atoms with van der Waals surface area (Å²) in [7, 11) is 0. The average Bonchev–Trinajstić information content (AvgIpc) is 2.29. The number of nitro groups is 1. The quantitative estimate of drug-likeness (QED) is 0.626. The van der Waals surface area contributed by atoms with E-state index in [2.05, 4.69) is 4.98 Å². The third kappa shape index (κ3) is 3.04. The molecule has 1 saturated heterocycles. The van der Waals surface area contributed by atoms with Crippen molar-refractivity contribution in [3.63, 3.8) is 0 Å². The van der Waals surface area contributed by atoms with Crippen molar-refractivity contribution >= 4 is 11.5 Å². The number of rotatable bonds is 3. The first-order chi connectivity index (χ1) is 8.15. The molecule has 7 heteroatoms. The van der Waals surface area contributed by atoms with Gasteiger partial charge in [-0.15, -0.1) is 0 Å². The van der Waals surface area contributed by atoms with Gasteiger partial charge in [-0.1, -0.05) is 0 Å². The summed E-state index contributed by atoms with van der Waals surface area (Å²) < 4.78 is 10.7. The van der Waals surface area contributed by atoms with Crippen LogP contribution in [0.2, 0.25) is 0 Å². The van der Waals surface area contributed by atoms with Crippen LogP contribution in [-0.2, 0) is 4.74 Å². The molecule has 2 rings (SSSR count). The number of pyridine rings is 1. The van der Waals surface area contributed by atoms with Crippen molar-refractivity contribution in [2.75, 3.05) is 18.9 Å². The van der Waals surface area contributed by atoms with Crippen LogP contribution in [0.4, 0.5) is 11.5 Å². The maximum Gasteiger partial charge on any atom is 0.278 e. The van der Waals surface area contributed by atoms with Gasteiger partial charge in [-0.2, -0.15) is 4.98 Å². The minimum atomic E-state index is -0.519. The Balaban J connectivity index is 2.11. The van der Waals surface area contributed by atoms with Crippen LogP contribution in [-0.4, -0.2) is 29.2 Å². The molecule has 1 aromatic rings. The number of hydrogen-bond donors (Lipinski definition) is 1. The highest BCUT2D eigenvalue weighted by molar-refractivity contribution is 5.45. The fraction of sp³-hybridized carbons (Fsp3) is 0.500. The molecular formula is C10H13N3O4. The lowest BCUT2D eigenvalue weighted by Crippen LogP contribution is -2.26. The fourth-order valence-corrected chi connectivity index (χ4v) is 1.64. The van der Waals surface area contributed by atoms with E-state index in [1.807, 2.05) is 0 Å². The zero-order chi connectivity index (χ0) is 12.3. The van der Waals surface area contributed by atoms with Crippen LogP contribution in [0.5, 0.6) is 5.88 Å². The van der Waals surface area contributed by atoms with Crippen LogP contribution in [0, 0.1) is 10.1 Å². The van der Waals surface area contributed by atoms with Gasteiger partial charge in [0.25, 0.3) is 5.69 Å². The summed E-state index contributed by atoms with van der Waals surface area (Å²) in [5.41, 5.74) is 5.37. The van der Waals surface area contributed by atoms with Crippen molar-refractivity contribution in [3.8, 4) is 5.88 Å². The van der Waals surface area contributed by atoms with Crippen molar-refractivity contribution in [1.82, 2.24) is 4.98 Å². The lowest BCUT2D eigenvalue weighted by molar-refractivity contribution is -0.384. The number of nitrogens with two attached hydrogens (primary N) is 1. The van der Waals surface area contributed by atoms with Gasteiger partial charge in [-0.25, -0.2) is 0 Å². The summed E-state index contributed by atoms with van der Waals surface area (Å²) in [5.74, 6) is 0.282. The molecule has 0 unspecified atom stereocenters. The van der Waals surface area contributed by atoms with E-state index >= 15 is 0 Å². The van der Waals surface area contributed by atoms with Crippen LogP contribution >= 0.6 is 0 Å². The molecule has 2 N–H and O–H groups in total. The lowest BCUT2D eigenvalue weighted by Gasteiger charge is -2.22. The van der Waals surface area contributed by atoms with Crippen LogP contribution in [0.1, 0.15) is 12.8 Å². The van der Waals surface area contributed by atoms with Gasteiger partial charge in [0.1, 0.15) is 11.9 Å². The molecule has 2 heterocycles. The zero-order valence-corrected chi connectivity index (χ0v) is 9.17. The van der Waals surface area contributed by atoms with Crippen molar-refractivity contribution in [2.45, 2.75) is 18.9 Å². The molecule has 1 fully saturated rings. The predicted octanol–water partition coefficient (Wildman–Crippen LogP) is 1.13. The first-order valence-electron chi connectivity index (χ1n) is 5.31. The Morgan fingerprint density at radius 2 is 2.18 bits per heavy atom. The molecule has 17 heavy (non-hydrogen) atoms. The predicted molar refractivity (Wildman–Crippen MR) is 59.8 cm³/mol. The van der Waals surface area contributed by atoms with Gasteiger partial charge in [0, 0.05) is 12.8 Å². The molecule has 0 bridgehead atoms. The highest BCUT2D eigenvalue weighted by Crippen LogP contribution is 2.23. The maximum atomic E-state index is 10.6. The summed E-state index contributed by atoms with van der Waals surface area (Å²) in [6.07, 6.45) is 1.49. The standard InChI is InChI=1S/C10H13N3O4/c11-9-5-7(13(14)15)6-10(12-9)17-8-1-3-16-4-2-8/h5-6,8H,1-4H2,(H2,11,12). The van der Waals surface area contributed by atoms with Crippen LogP contribution in [0.25, 0.3) is 0 Å². The van der Waals surface area contributed by atoms with E-state index in [0.29, 0.717) is 13.2 Å². The van der Waals surface area contributed by atoms with Crippen molar-refractivity contribution in [3.05, 3.63) is 22.2 Å². The molecule has 0 aromatic carbocycles. The Morgan fingerprint density at radius 1 is 1.47 bits per heavy atom. The van der Waals surface area contributed by atoms with Gasteiger partial charge in [0.2, 0.25) is 5.88 Å². The molecular weight excluding hydrogens is 226 g/mol. The Morgan fingerprint density at radius 3 is 2.82 bits per heavy atom. The van der Waals surface area contributed by atoms with E-state index in [1.54, 1.807) is 0 Å². The van der Waals surface area contributed by atoms with Crippen molar-refractivity contribution in [2.24, 2.45) is 0 Å². The minimum Gasteiger partial charge on any atom is -0.474 e. The van der Waals surface area contributed by atoms with E-state index in [0.717, 1.165) is 12.8 Å². The Kier molecular flexibility index (Phi) is 3.38. The van der Waals surface area contributed by atoms with Gasteiger partial charge < -0.3 is 15.2 Å². The van der Waals surface area contributed by atoms with Crippen LogP contribution < -0.4 is 10.5 Å². The second kappa shape index (κ2) is 4.96. The Labute approximate surface area is 97.7 Å². The second-order valence-electron chi connectivity index (χ2n) is 3.78. The Hall–Kier alpha value is -1.89. The highest BCUT2D eigenvalue weighted by atomic mass is 16.6. The highest BCUT2D eigenvalue weighted by Gasteiger charge is 2.18. The molecule has 0 atom stereocenters. The lowest BCUT2D eigenvalue weighted by atomic mass is 10.1. The fourth-order valence-electron chi connectivity index (χ4n) is 1.64. The first kappa shape index (κ1) is 11.6. The monoisotopic (exact) mass is 239 g/mol. The summed E-state index contributed by atoms with van der Waals surface area (Å²) in [6.45, 7) is 1.27. The topological polar surface area (TPSA) is 101 Å². The third-order valence-electron chi connectivity index (χ3n) is 2.47. The summed E-state index contributed by atoms with van der Waals surface area (Å²) in [5, 5.41) is 10.6. The minimum absolute atomic E-state index is 0.0161.